The van der Waals surface area contributed by atoms with Crippen LogP contribution in [0.4, 0.5) is 0 Å². The molecular weight excluding hydrogens is 256 g/mol. The van der Waals surface area contributed by atoms with Crippen LogP contribution < -0.4 is 0 Å². The van der Waals surface area contributed by atoms with Crippen molar-refractivity contribution in [3.8, 4) is 0 Å². The number of hydrogen-bond acceptors (Lipinski definition) is 1. The van der Waals surface area contributed by atoms with Crippen LogP contribution in [-0.2, 0) is 0 Å². The Morgan fingerprint density at radius 1 is 1.36 bits per heavy atom. The molecule has 0 amide bonds. The zero-order valence-electron chi connectivity index (χ0n) is 9.05. The molecule has 0 fully saturated rings. The Bertz CT molecular complexity index is 255. The Morgan fingerprint density at radius 3 is 2.71 bits per heavy atom. The largest absolute Gasteiger partial charge is 0.147 e. The van der Waals surface area contributed by atoms with E-state index >= 15 is 0 Å². The molecular formula is C12H19BrS. The van der Waals surface area contributed by atoms with E-state index < -0.39 is 0 Å². The fourth-order valence-electron chi connectivity index (χ4n) is 1.67. The van der Waals surface area contributed by atoms with Crippen molar-refractivity contribution in [2.45, 2.75) is 51.9 Å². The zero-order chi connectivity index (χ0) is 10.4. The number of unbranched alkanes of at least 4 members (excludes halogenated alkanes) is 3. The van der Waals surface area contributed by atoms with E-state index in [9.17, 15) is 0 Å². The highest BCUT2D eigenvalue weighted by Crippen LogP contribution is 2.33. The summed E-state index contributed by atoms with van der Waals surface area (Å²) in [6.45, 7) is 4.60. The van der Waals surface area contributed by atoms with Gasteiger partial charge in [0, 0.05) is 9.35 Å². The second-order valence-electron chi connectivity index (χ2n) is 3.88. The predicted octanol–water partition coefficient (Wildman–Crippen LogP) is 5.58. The van der Waals surface area contributed by atoms with Crippen LogP contribution in [0.3, 0.4) is 0 Å². The average Bonchev–Trinajstić information content (AvgIpc) is 2.59. The van der Waals surface area contributed by atoms with Crippen molar-refractivity contribution in [3.05, 3.63) is 20.8 Å². The van der Waals surface area contributed by atoms with E-state index in [0.717, 1.165) is 5.92 Å². The summed E-state index contributed by atoms with van der Waals surface area (Å²) in [4.78, 5) is 1.52. The first-order valence-electron chi connectivity index (χ1n) is 5.48. The first-order valence-corrected chi connectivity index (χ1v) is 7.15. The highest BCUT2D eigenvalue weighted by molar-refractivity contribution is 9.10. The Labute approximate surface area is 99.9 Å². The number of rotatable bonds is 6. The van der Waals surface area contributed by atoms with Crippen LogP contribution in [0, 0.1) is 0 Å². The Kier molecular flexibility index (Phi) is 5.80. The number of halogens is 1. The third-order valence-electron chi connectivity index (χ3n) is 2.58. The van der Waals surface area contributed by atoms with E-state index in [4.69, 9.17) is 0 Å². The van der Waals surface area contributed by atoms with Gasteiger partial charge in [-0.3, -0.25) is 0 Å². The molecule has 0 aromatic carbocycles. The summed E-state index contributed by atoms with van der Waals surface area (Å²) >= 11 is 5.47. The molecule has 1 atom stereocenters. The normalized spacial score (nSPS) is 13.1. The summed E-state index contributed by atoms with van der Waals surface area (Å²) in [7, 11) is 0. The first-order chi connectivity index (χ1) is 6.75. The molecule has 0 nitrogen and oxygen atoms in total. The maximum Gasteiger partial charge on any atom is 0.0317 e. The van der Waals surface area contributed by atoms with Gasteiger partial charge in [0.1, 0.15) is 0 Å². The van der Waals surface area contributed by atoms with Crippen molar-refractivity contribution in [1.82, 2.24) is 0 Å². The summed E-state index contributed by atoms with van der Waals surface area (Å²) in [5.41, 5.74) is 0. The van der Waals surface area contributed by atoms with Crippen molar-refractivity contribution < 1.29 is 0 Å². The number of thiophene rings is 1. The molecule has 0 spiro atoms. The molecule has 1 rings (SSSR count). The molecule has 1 aromatic rings. The van der Waals surface area contributed by atoms with E-state index in [1.807, 2.05) is 11.3 Å². The van der Waals surface area contributed by atoms with E-state index in [2.05, 4.69) is 41.2 Å². The highest BCUT2D eigenvalue weighted by atomic mass is 79.9. The lowest BCUT2D eigenvalue weighted by atomic mass is 10.0. The minimum absolute atomic E-state index is 0.723. The lowest BCUT2D eigenvalue weighted by molar-refractivity contribution is 0.584. The van der Waals surface area contributed by atoms with Gasteiger partial charge in [-0.15, -0.1) is 11.3 Å². The molecule has 1 aromatic heterocycles. The van der Waals surface area contributed by atoms with E-state index in [-0.39, 0.29) is 0 Å². The minimum Gasteiger partial charge on any atom is -0.147 e. The quantitative estimate of drug-likeness (QED) is 0.594. The zero-order valence-corrected chi connectivity index (χ0v) is 11.5. The second-order valence-corrected chi connectivity index (χ2v) is 5.69. The fourth-order valence-corrected chi connectivity index (χ4v) is 3.53. The molecule has 0 radical (unpaired) electrons. The van der Waals surface area contributed by atoms with Gasteiger partial charge in [0.15, 0.2) is 0 Å². The van der Waals surface area contributed by atoms with Gasteiger partial charge in [0.2, 0.25) is 0 Å². The summed E-state index contributed by atoms with van der Waals surface area (Å²) in [5, 5.41) is 2.17. The van der Waals surface area contributed by atoms with E-state index in [1.54, 1.807) is 0 Å². The Morgan fingerprint density at radius 2 is 2.14 bits per heavy atom. The topological polar surface area (TPSA) is 0 Å². The fraction of sp³-hybridized carbons (Fsp3) is 0.667. The summed E-state index contributed by atoms with van der Waals surface area (Å²) in [6, 6.07) is 2.16. The third-order valence-corrected chi connectivity index (χ3v) is 4.69. The van der Waals surface area contributed by atoms with Gasteiger partial charge in [-0.1, -0.05) is 39.5 Å². The molecule has 0 saturated heterocycles. The molecule has 0 aliphatic rings. The molecule has 0 aliphatic carbocycles. The first kappa shape index (κ1) is 12.3. The highest BCUT2D eigenvalue weighted by Gasteiger charge is 2.09. The lowest BCUT2D eigenvalue weighted by Crippen LogP contribution is -1.91. The smallest absolute Gasteiger partial charge is 0.0317 e. The molecule has 1 unspecified atom stereocenters. The molecule has 80 valence electrons. The van der Waals surface area contributed by atoms with Gasteiger partial charge in [-0.2, -0.15) is 0 Å². The van der Waals surface area contributed by atoms with E-state index in [1.165, 1.54) is 41.5 Å². The molecule has 0 saturated carbocycles. The summed E-state index contributed by atoms with van der Waals surface area (Å²) < 4.78 is 1.30. The molecule has 0 aliphatic heterocycles. The summed E-state index contributed by atoms with van der Waals surface area (Å²) in [5.74, 6) is 0.723. The van der Waals surface area contributed by atoms with Crippen molar-refractivity contribution in [3.63, 3.8) is 0 Å². The van der Waals surface area contributed by atoms with Crippen molar-refractivity contribution >= 4 is 27.3 Å². The van der Waals surface area contributed by atoms with Gasteiger partial charge >= 0.3 is 0 Å². The van der Waals surface area contributed by atoms with Crippen LogP contribution in [0.1, 0.15) is 56.7 Å². The minimum atomic E-state index is 0.723. The lowest BCUT2D eigenvalue weighted by Gasteiger charge is -2.09. The molecule has 14 heavy (non-hydrogen) atoms. The third kappa shape index (κ3) is 3.74. The average molecular weight is 275 g/mol. The van der Waals surface area contributed by atoms with Gasteiger partial charge < -0.3 is 0 Å². The van der Waals surface area contributed by atoms with Crippen LogP contribution in [-0.4, -0.2) is 0 Å². The summed E-state index contributed by atoms with van der Waals surface area (Å²) in [6.07, 6.45) is 6.82. The SMILES string of the molecule is CCCCCCC(C)c1sccc1Br. The standard InChI is InChI=1S/C12H19BrS/c1-3-4-5-6-7-10(2)12-11(13)8-9-14-12/h8-10H,3-7H2,1-2H3. The van der Waals surface area contributed by atoms with Crippen molar-refractivity contribution in [1.29, 1.82) is 0 Å². The van der Waals surface area contributed by atoms with Gasteiger partial charge in [-0.05, 0) is 39.7 Å². The maximum atomic E-state index is 3.60. The van der Waals surface area contributed by atoms with Gasteiger partial charge in [0.25, 0.3) is 0 Å². The van der Waals surface area contributed by atoms with Gasteiger partial charge in [0.05, 0.1) is 0 Å². The van der Waals surface area contributed by atoms with Crippen LogP contribution >= 0.6 is 27.3 Å². The van der Waals surface area contributed by atoms with Crippen molar-refractivity contribution in [2.75, 3.05) is 0 Å². The molecule has 0 bridgehead atoms. The van der Waals surface area contributed by atoms with Crippen molar-refractivity contribution in [2.24, 2.45) is 0 Å². The van der Waals surface area contributed by atoms with Crippen LogP contribution in [0.2, 0.25) is 0 Å². The van der Waals surface area contributed by atoms with Crippen LogP contribution in [0.25, 0.3) is 0 Å². The number of hydrogen-bond donors (Lipinski definition) is 0. The molecule has 0 N–H and O–H groups in total. The monoisotopic (exact) mass is 274 g/mol. The maximum absolute atomic E-state index is 3.60. The second kappa shape index (κ2) is 6.62. The predicted molar refractivity (Wildman–Crippen MR) is 69.2 cm³/mol. The molecule has 2 heteroatoms. The Balaban J connectivity index is 2.28. The van der Waals surface area contributed by atoms with Crippen LogP contribution in [0.5, 0.6) is 0 Å². The molecule has 1 heterocycles. The van der Waals surface area contributed by atoms with Crippen LogP contribution in [0.15, 0.2) is 15.9 Å². The van der Waals surface area contributed by atoms with E-state index in [0.29, 0.717) is 0 Å². The van der Waals surface area contributed by atoms with Gasteiger partial charge in [-0.25, -0.2) is 0 Å². The Hall–Kier alpha value is 0.180.